The van der Waals surface area contributed by atoms with E-state index in [1.54, 1.807) is 12.3 Å². The van der Waals surface area contributed by atoms with Gasteiger partial charge in [0.15, 0.2) is 0 Å². The van der Waals surface area contributed by atoms with Crippen molar-refractivity contribution in [3.05, 3.63) is 66.6 Å². The number of pyridine rings is 1. The van der Waals surface area contributed by atoms with Gasteiger partial charge in [0.25, 0.3) is 0 Å². The Morgan fingerprint density at radius 2 is 1.70 bits per heavy atom. The highest BCUT2D eigenvalue weighted by atomic mass is 14.9. The van der Waals surface area contributed by atoms with Crippen LogP contribution in [0.4, 0.5) is 0 Å². The van der Waals surface area contributed by atoms with Crippen molar-refractivity contribution in [2.45, 2.75) is 0 Å². The Balaban J connectivity index is 2.06. The molecular formula is C16H10N4. The Morgan fingerprint density at radius 3 is 2.50 bits per heavy atom. The summed E-state index contributed by atoms with van der Waals surface area (Å²) in [6.07, 6.45) is 3.24. The average molecular weight is 258 g/mol. The second-order valence-corrected chi connectivity index (χ2v) is 4.20. The molecule has 0 fully saturated rings. The van der Waals surface area contributed by atoms with Gasteiger partial charge >= 0.3 is 0 Å². The molecule has 0 N–H and O–H groups in total. The smallest absolute Gasteiger partial charge is 0.116 e. The summed E-state index contributed by atoms with van der Waals surface area (Å²) < 4.78 is 0. The molecule has 0 bridgehead atoms. The van der Waals surface area contributed by atoms with E-state index in [2.05, 4.69) is 21.0 Å². The summed E-state index contributed by atoms with van der Waals surface area (Å²) in [6, 6.07) is 17.0. The van der Waals surface area contributed by atoms with Crippen molar-refractivity contribution in [3.63, 3.8) is 0 Å². The van der Waals surface area contributed by atoms with Gasteiger partial charge < -0.3 is 0 Å². The van der Waals surface area contributed by atoms with Crippen LogP contribution in [-0.2, 0) is 0 Å². The SMILES string of the molecule is N#Cc1cccc(-c2cc(-c3ccccn3)ncn2)c1. The van der Waals surface area contributed by atoms with Crippen LogP contribution in [0, 0.1) is 11.3 Å². The van der Waals surface area contributed by atoms with Crippen LogP contribution in [0.15, 0.2) is 61.1 Å². The average Bonchev–Trinajstić information content (AvgIpc) is 2.56. The molecule has 4 nitrogen and oxygen atoms in total. The monoisotopic (exact) mass is 258 g/mol. The first kappa shape index (κ1) is 12.0. The molecule has 0 spiro atoms. The van der Waals surface area contributed by atoms with Crippen molar-refractivity contribution in [2.75, 3.05) is 0 Å². The molecule has 0 amide bonds. The molecule has 3 rings (SSSR count). The van der Waals surface area contributed by atoms with Crippen LogP contribution >= 0.6 is 0 Å². The Hall–Kier alpha value is -3.06. The maximum absolute atomic E-state index is 8.95. The molecule has 94 valence electrons. The van der Waals surface area contributed by atoms with Gasteiger partial charge in [0.05, 0.1) is 28.7 Å². The van der Waals surface area contributed by atoms with E-state index < -0.39 is 0 Å². The summed E-state index contributed by atoms with van der Waals surface area (Å²) in [5.41, 5.74) is 3.84. The van der Waals surface area contributed by atoms with Gasteiger partial charge in [-0.2, -0.15) is 5.26 Å². The lowest BCUT2D eigenvalue weighted by molar-refractivity contribution is 1.15. The molecule has 2 aromatic heterocycles. The van der Waals surface area contributed by atoms with E-state index in [9.17, 15) is 0 Å². The van der Waals surface area contributed by atoms with E-state index >= 15 is 0 Å². The van der Waals surface area contributed by atoms with Gasteiger partial charge in [-0.3, -0.25) is 4.98 Å². The first-order valence-corrected chi connectivity index (χ1v) is 6.11. The Bertz CT molecular complexity index is 776. The summed E-state index contributed by atoms with van der Waals surface area (Å²) >= 11 is 0. The molecule has 0 aliphatic carbocycles. The lowest BCUT2D eigenvalue weighted by atomic mass is 10.1. The van der Waals surface area contributed by atoms with E-state index in [1.165, 1.54) is 6.33 Å². The van der Waals surface area contributed by atoms with Crippen molar-refractivity contribution >= 4 is 0 Å². The number of rotatable bonds is 2. The zero-order valence-corrected chi connectivity index (χ0v) is 10.6. The van der Waals surface area contributed by atoms with Crippen LogP contribution in [-0.4, -0.2) is 15.0 Å². The summed E-state index contributed by atoms with van der Waals surface area (Å²) in [4.78, 5) is 12.8. The molecule has 0 unspecified atom stereocenters. The summed E-state index contributed by atoms with van der Waals surface area (Å²) in [7, 11) is 0. The molecule has 0 atom stereocenters. The van der Waals surface area contributed by atoms with Crippen LogP contribution < -0.4 is 0 Å². The van der Waals surface area contributed by atoms with Crippen LogP contribution in [0.2, 0.25) is 0 Å². The minimum absolute atomic E-state index is 0.612. The number of hydrogen-bond donors (Lipinski definition) is 0. The highest BCUT2D eigenvalue weighted by molar-refractivity contribution is 5.66. The normalized spacial score (nSPS) is 9.95. The number of nitrogens with zero attached hydrogens (tertiary/aromatic N) is 4. The molecule has 0 aliphatic heterocycles. The lowest BCUT2D eigenvalue weighted by Crippen LogP contribution is -1.91. The van der Waals surface area contributed by atoms with Crippen LogP contribution in [0.25, 0.3) is 22.6 Å². The van der Waals surface area contributed by atoms with Gasteiger partial charge in [-0.15, -0.1) is 0 Å². The Labute approximate surface area is 116 Å². The quantitative estimate of drug-likeness (QED) is 0.708. The fraction of sp³-hybridized carbons (Fsp3) is 0. The molecule has 0 aliphatic rings. The van der Waals surface area contributed by atoms with E-state index in [-0.39, 0.29) is 0 Å². The minimum atomic E-state index is 0.612. The predicted molar refractivity (Wildman–Crippen MR) is 75.4 cm³/mol. The maximum Gasteiger partial charge on any atom is 0.116 e. The third kappa shape index (κ3) is 2.38. The zero-order chi connectivity index (χ0) is 13.8. The van der Waals surface area contributed by atoms with Gasteiger partial charge in [-0.05, 0) is 30.3 Å². The van der Waals surface area contributed by atoms with Gasteiger partial charge in [-0.1, -0.05) is 18.2 Å². The highest BCUT2D eigenvalue weighted by Gasteiger charge is 2.05. The topological polar surface area (TPSA) is 62.5 Å². The van der Waals surface area contributed by atoms with Crippen LogP contribution in [0.1, 0.15) is 5.56 Å². The molecule has 0 saturated carbocycles. The molecular weight excluding hydrogens is 248 g/mol. The van der Waals surface area contributed by atoms with Gasteiger partial charge in [0, 0.05) is 11.8 Å². The largest absolute Gasteiger partial charge is 0.255 e. The number of aromatic nitrogens is 3. The lowest BCUT2D eigenvalue weighted by Gasteiger charge is -2.04. The molecule has 4 heteroatoms. The van der Waals surface area contributed by atoms with E-state index in [0.29, 0.717) is 5.56 Å². The van der Waals surface area contributed by atoms with Crippen molar-refractivity contribution < 1.29 is 0 Å². The van der Waals surface area contributed by atoms with E-state index in [0.717, 1.165) is 22.6 Å². The first-order valence-electron chi connectivity index (χ1n) is 6.11. The molecule has 2 heterocycles. The highest BCUT2D eigenvalue weighted by Crippen LogP contribution is 2.21. The zero-order valence-electron chi connectivity index (χ0n) is 10.6. The van der Waals surface area contributed by atoms with Gasteiger partial charge in [0.1, 0.15) is 6.33 Å². The van der Waals surface area contributed by atoms with Crippen molar-refractivity contribution in [2.24, 2.45) is 0 Å². The molecule has 0 saturated heterocycles. The third-order valence-electron chi connectivity index (χ3n) is 2.88. The second kappa shape index (κ2) is 5.29. The third-order valence-corrected chi connectivity index (χ3v) is 2.88. The van der Waals surface area contributed by atoms with Crippen molar-refractivity contribution in [1.82, 2.24) is 15.0 Å². The minimum Gasteiger partial charge on any atom is -0.255 e. The molecule has 20 heavy (non-hydrogen) atoms. The Kier molecular flexibility index (Phi) is 3.17. The van der Waals surface area contributed by atoms with Gasteiger partial charge in [0.2, 0.25) is 0 Å². The standard InChI is InChI=1S/C16H10N4/c17-10-12-4-3-5-13(8-12)15-9-16(20-11-19-15)14-6-1-2-7-18-14/h1-9,11H. The van der Waals surface area contributed by atoms with Crippen LogP contribution in [0.5, 0.6) is 0 Å². The number of benzene rings is 1. The van der Waals surface area contributed by atoms with Crippen LogP contribution in [0.3, 0.4) is 0 Å². The molecule has 0 radical (unpaired) electrons. The van der Waals surface area contributed by atoms with Crippen molar-refractivity contribution in [3.8, 4) is 28.7 Å². The second-order valence-electron chi connectivity index (χ2n) is 4.20. The summed E-state index contributed by atoms with van der Waals surface area (Å²) in [5.74, 6) is 0. The number of nitriles is 1. The van der Waals surface area contributed by atoms with E-state index in [1.807, 2.05) is 42.5 Å². The predicted octanol–water partition coefficient (Wildman–Crippen LogP) is 3.08. The van der Waals surface area contributed by atoms with E-state index in [4.69, 9.17) is 5.26 Å². The molecule has 3 aromatic rings. The van der Waals surface area contributed by atoms with Gasteiger partial charge in [-0.25, -0.2) is 9.97 Å². The summed E-state index contributed by atoms with van der Waals surface area (Å²) in [5, 5.41) is 8.95. The summed E-state index contributed by atoms with van der Waals surface area (Å²) in [6.45, 7) is 0. The Morgan fingerprint density at radius 1 is 0.800 bits per heavy atom. The first-order chi connectivity index (χ1) is 9.86. The number of hydrogen-bond acceptors (Lipinski definition) is 4. The fourth-order valence-corrected chi connectivity index (χ4v) is 1.92. The molecule has 1 aromatic carbocycles. The van der Waals surface area contributed by atoms with Crippen molar-refractivity contribution in [1.29, 1.82) is 5.26 Å². The maximum atomic E-state index is 8.95. The fourth-order valence-electron chi connectivity index (χ4n) is 1.92.